The van der Waals surface area contributed by atoms with Crippen molar-refractivity contribution in [2.45, 2.75) is 63.4 Å². The Morgan fingerprint density at radius 2 is 2.16 bits per heavy atom. The first-order chi connectivity index (χ1) is 11.7. The van der Waals surface area contributed by atoms with E-state index in [0.717, 1.165) is 6.29 Å². The number of carbonyl (C=O) groups is 1. The number of fused-ring (bicyclic) bond motifs is 1. The van der Waals surface area contributed by atoms with Crippen molar-refractivity contribution in [3.8, 4) is 0 Å². The fraction of sp³-hybridized carbons (Fsp3) is 0.625. The summed E-state index contributed by atoms with van der Waals surface area (Å²) in [6, 6.07) is 0. The zero-order valence-corrected chi connectivity index (χ0v) is 16.3. The molecular weight excluding hydrogens is 340 g/mol. The fourth-order valence-corrected chi connectivity index (χ4v) is 5.25. The molecular formula is C16H24N4O4Si. The highest BCUT2D eigenvalue weighted by molar-refractivity contribution is 6.58. The molecule has 0 radical (unpaired) electrons. The van der Waals surface area contributed by atoms with Crippen LogP contribution in [0.2, 0.25) is 13.1 Å². The quantitative estimate of drug-likeness (QED) is 0.641. The number of imidazole rings is 1. The van der Waals surface area contributed by atoms with Crippen molar-refractivity contribution in [3.05, 3.63) is 23.0 Å². The fourth-order valence-electron chi connectivity index (χ4n) is 3.37. The Balaban J connectivity index is 2.10. The lowest BCUT2D eigenvalue weighted by Gasteiger charge is -2.34. The molecule has 3 heterocycles. The molecule has 3 rings (SSSR count). The third-order valence-electron chi connectivity index (χ3n) is 4.49. The topological polar surface area (TPSA) is 99.1 Å². The smallest absolute Gasteiger partial charge is 0.278 e. The summed E-state index contributed by atoms with van der Waals surface area (Å²) in [5, 5.41) is -0.725. The van der Waals surface area contributed by atoms with Crippen LogP contribution in [-0.2, 0) is 19.6 Å². The van der Waals surface area contributed by atoms with Crippen LogP contribution in [-0.4, -0.2) is 52.4 Å². The van der Waals surface area contributed by atoms with Crippen molar-refractivity contribution in [2.24, 2.45) is 0 Å². The Hall–Kier alpha value is -1.84. The van der Waals surface area contributed by atoms with Gasteiger partial charge in [-0.3, -0.25) is 9.36 Å². The Morgan fingerprint density at radius 1 is 1.44 bits per heavy atom. The van der Waals surface area contributed by atoms with Gasteiger partial charge in [-0.15, -0.1) is 0 Å². The lowest BCUT2D eigenvalue weighted by Crippen LogP contribution is -2.45. The van der Waals surface area contributed by atoms with Gasteiger partial charge in [0.1, 0.15) is 11.5 Å². The highest BCUT2D eigenvalue weighted by atomic mass is 28.3. The molecule has 0 aromatic carbocycles. The van der Waals surface area contributed by atoms with E-state index in [4.69, 9.17) is 9.47 Å². The van der Waals surface area contributed by atoms with E-state index in [1.165, 1.54) is 6.33 Å². The number of aromatic nitrogens is 4. The molecule has 1 saturated heterocycles. The van der Waals surface area contributed by atoms with Gasteiger partial charge in [-0.05, 0) is 20.8 Å². The Kier molecular flexibility index (Phi) is 4.42. The molecule has 0 amide bonds. The summed E-state index contributed by atoms with van der Waals surface area (Å²) in [7, 11) is -1.52. The summed E-state index contributed by atoms with van der Waals surface area (Å²) < 4.78 is 14.2. The predicted molar refractivity (Wildman–Crippen MR) is 95.2 cm³/mol. The van der Waals surface area contributed by atoms with Crippen LogP contribution in [0.5, 0.6) is 0 Å². The molecule has 2 aromatic heterocycles. The lowest BCUT2D eigenvalue weighted by molar-refractivity contribution is -0.134. The highest BCUT2D eigenvalue weighted by Gasteiger charge is 2.52. The van der Waals surface area contributed by atoms with Crippen molar-refractivity contribution in [1.29, 1.82) is 0 Å². The SMILES string of the molecule is C[SiH](C)[C@@]1(n2cnc3c(=O)[nH]cnc32)C[C@H](OC(C)(C)C)[C@@H](C=O)O1. The van der Waals surface area contributed by atoms with Crippen LogP contribution in [0.15, 0.2) is 17.4 Å². The molecule has 1 N–H and O–H groups in total. The highest BCUT2D eigenvalue weighted by Crippen LogP contribution is 2.40. The predicted octanol–water partition coefficient (Wildman–Crippen LogP) is 0.970. The van der Waals surface area contributed by atoms with Gasteiger partial charge >= 0.3 is 0 Å². The summed E-state index contributed by atoms with van der Waals surface area (Å²) in [4.78, 5) is 34.6. The average molecular weight is 364 g/mol. The molecule has 0 saturated carbocycles. The number of nitrogens with zero attached hydrogens (tertiary/aromatic N) is 3. The zero-order valence-electron chi connectivity index (χ0n) is 15.1. The van der Waals surface area contributed by atoms with Crippen LogP contribution in [0.4, 0.5) is 0 Å². The van der Waals surface area contributed by atoms with Gasteiger partial charge in [0.05, 0.1) is 33.2 Å². The number of hydrogen-bond donors (Lipinski definition) is 1. The molecule has 0 spiro atoms. The number of hydrogen-bond acceptors (Lipinski definition) is 6. The van der Waals surface area contributed by atoms with Crippen LogP contribution < -0.4 is 5.56 Å². The number of rotatable bonds is 4. The first-order valence-electron chi connectivity index (χ1n) is 8.40. The average Bonchev–Trinajstić information content (AvgIpc) is 3.08. The number of aldehydes is 1. The van der Waals surface area contributed by atoms with E-state index in [2.05, 4.69) is 28.0 Å². The van der Waals surface area contributed by atoms with Crippen LogP contribution in [0.3, 0.4) is 0 Å². The first kappa shape index (κ1) is 18.0. The van der Waals surface area contributed by atoms with Gasteiger partial charge in [0.25, 0.3) is 5.56 Å². The lowest BCUT2D eigenvalue weighted by atomic mass is 10.1. The molecule has 25 heavy (non-hydrogen) atoms. The number of aromatic amines is 1. The number of H-pyrrole nitrogens is 1. The minimum Gasteiger partial charge on any atom is -0.369 e. The van der Waals surface area contributed by atoms with Gasteiger partial charge in [-0.25, -0.2) is 9.97 Å². The van der Waals surface area contributed by atoms with Gasteiger partial charge in [-0.2, -0.15) is 0 Å². The van der Waals surface area contributed by atoms with E-state index in [9.17, 15) is 9.59 Å². The third-order valence-corrected chi connectivity index (χ3v) is 6.94. The second-order valence-corrected chi connectivity index (χ2v) is 10.9. The van der Waals surface area contributed by atoms with Crippen LogP contribution in [0.1, 0.15) is 27.2 Å². The monoisotopic (exact) mass is 364 g/mol. The number of nitrogens with one attached hydrogen (secondary N) is 1. The van der Waals surface area contributed by atoms with Crippen molar-refractivity contribution in [2.75, 3.05) is 0 Å². The van der Waals surface area contributed by atoms with Crippen LogP contribution in [0, 0.1) is 0 Å². The molecule has 136 valence electrons. The summed E-state index contributed by atoms with van der Waals surface area (Å²) in [6.45, 7) is 10.1. The molecule has 3 atom stereocenters. The molecule has 0 unspecified atom stereocenters. The van der Waals surface area contributed by atoms with Crippen molar-refractivity contribution in [1.82, 2.24) is 19.5 Å². The molecule has 1 aliphatic rings. The minimum absolute atomic E-state index is 0.267. The number of ether oxygens (including phenoxy) is 2. The van der Waals surface area contributed by atoms with E-state index < -0.39 is 25.9 Å². The van der Waals surface area contributed by atoms with Crippen molar-refractivity contribution in [3.63, 3.8) is 0 Å². The Labute approximate surface area is 147 Å². The summed E-state index contributed by atoms with van der Waals surface area (Å²) in [5.41, 5.74) is 0.0433. The normalized spacial score (nSPS) is 27.3. The van der Waals surface area contributed by atoms with Crippen molar-refractivity contribution >= 4 is 26.2 Å². The standard InChI is InChI=1S/C16H24N4O4Si/c1-15(2,3)23-10-6-16(25(4)5,24-11(10)7-21)20-9-19-12-13(20)17-8-18-14(12)22/h7-11,25H,6H2,1-5H3,(H,17,18,22)/t10-,11+,16+/m0/s1. The molecule has 0 aliphatic carbocycles. The second-order valence-electron chi connectivity index (χ2n) is 7.71. The summed E-state index contributed by atoms with van der Waals surface area (Å²) in [6.07, 6.45) is 3.25. The van der Waals surface area contributed by atoms with E-state index in [0.29, 0.717) is 12.1 Å². The van der Waals surface area contributed by atoms with Gasteiger partial charge in [0.2, 0.25) is 0 Å². The Morgan fingerprint density at radius 3 is 2.76 bits per heavy atom. The van der Waals surface area contributed by atoms with E-state index >= 15 is 0 Å². The third kappa shape index (κ3) is 3.07. The summed E-state index contributed by atoms with van der Waals surface area (Å²) in [5.74, 6) is 0. The van der Waals surface area contributed by atoms with Gasteiger partial charge in [-0.1, -0.05) is 13.1 Å². The molecule has 1 fully saturated rings. The maximum Gasteiger partial charge on any atom is 0.278 e. The van der Waals surface area contributed by atoms with E-state index in [1.807, 2.05) is 25.3 Å². The maximum absolute atomic E-state index is 12.0. The largest absolute Gasteiger partial charge is 0.369 e. The second kappa shape index (κ2) is 6.15. The zero-order chi connectivity index (χ0) is 18.4. The van der Waals surface area contributed by atoms with E-state index in [1.54, 1.807) is 6.33 Å². The molecule has 2 aromatic rings. The molecule has 9 heteroatoms. The van der Waals surface area contributed by atoms with E-state index in [-0.39, 0.29) is 17.2 Å². The van der Waals surface area contributed by atoms with Gasteiger partial charge in [0.15, 0.2) is 17.5 Å². The van der Waals surface area contributed by atoms with Gasteiger partial charge in [0, 0.05) is 6.42 Å². The molecule has 8 nitrogen and oxygen atoms in total. The molecule has 1 aliphatic heterocycles. The maximum atomic E-state index is 12.0. The first-order valence-corrected chi connectivity index (χ1v) is 11.3. The number of carbonyl (C=O) groups excluding carboxylic acids is 1. The minimum atomic E-state index is -1.52. The Bertz CT molecular complexity index is 841. The van der Waals surface area contributed by atoms with Crippen LogP contribution >= 0.6 is 0 Å². The summed E-state index contributed by atoms with van der Waals surface area (Å²) >= 11 is 0. The van der Waals surface area contributed by atoms with Gasteiger partial charge < -0.3 is 19.3 Å². The van der Waals surface area contributed by atoms with Crippen molar-refractivity contribution < 1.29 is 14.3 Å². The van der Waals surface area contributed by atoms with Crippen LogP contribution in [0.25, 0.3) is 11.2 Å². The molecule has 0 bridgehead atoms.